The summed E-state index contributed by atoms with van der Waals surface area (Å²) in [4.78, 5) is 7.17. The summed E-state index contributed by atoms with van der Waals surface area (Å²) < 4.78 is 9.11. The molecule has 0 fully saturated rings. The van der Waals surface area contributed by atoms with Crippen LogP contribution >= 0.6 is 11.3 Å². The summed E-state index contributed by atoms with van der Waals surface area (Å²) in [5.41, 5.74) is 8.37. The standard InChI is InChI=1S/C45H28N2OS/c1-3-9-31(10-4-1)45-46-40-25-19-30-15-16-33-27-36(23-24-37(33)43(30)44(40)48-45)47(34-11-5-2-6-12-34)35-21-17-29(18-22-35)32-20-26-42-39(28-32)38-13-7-8-14-41(38)49-42/h1-28H. The number of hydrogen-bond acceptors (Lipinski definition) is 4. The summed E-state index contributed by atoms with van der Waals surface area (Å²) in [5, 5.41) is 7.14. The van der Waals surface area contributed by atoms with Crippen LogP contribution in [-0.4, -0.2) is 4.98 Å². The Morgan fingerprint density at radius 2 is 1.12 bits per heavy atom. The molecule has 0 saturated heterocycles. The molecule has 8 aromatic carbocycles. The molecule has 0 amide bonds. The number of thiophene rings is 1. The van der Waals surface area contributed by atoms with Gasteiger partial charge in [0.15, 0.2) is 5.58 Å². The third-order valence-electron chi connectivity index (χ3n) is 9.47. The highest BCUT2D eigenvalue weighted by Crippen LogP contribution is 2.41. The highest BCUT2D eigenvalue weighted by atomic mass is 32.1. The highest BCUT2D eigenvalue weighted by molar-refractivity contribution is 7.25. The zero-order valence-electron chi connectivity index (χ0n) is 26.4. The fraction of sp³-hybridized carbons (Fsp3) is 0. The van der Waals surface area contributed by atoms with Crippen molar-refractivity contribution in [3.05, 3.63) is 170 Å². The molecule has 0 aliphatic carbocycles. The molecule has 2 aromatic heterocycles. The molecule has 4 heteroatoms. The van der Waals surface area contributed by atoms with Gasteiger partial charge in [-0.3, -0.25) is 0 Å². The molecule has 2 heterocycles. The van der Waals surface area contributed by atoms with E-state index in [0.717, 1.165) is 55.3 Å². The zero-order valence-corrected chi connectivity index (χ0v) is 27.2. The molecular weight excluding hydrogens is 617 g/mol. The maximum atomic E-state index is 6.46. The lowest BCUT2D eigenvalue weighted by Crippen LogP contribution is -2.09. The summed E-state index contributed by atoms with van der Waals surface area (Å²) >= 11 is 1.85. The van der Waals surface area contributed by atoms with E-state index < -0.39 is 0 Å². The number of benzene rings is 8. The number of hydrogen-bond donors (Lipinski definition) is 0. The largest absolute Gasteiger partial charge is 0.435 e. The van der Waals surface area contributed by atoms with Crippen molar-refractivity contribution >= 4 is 81.2 Å². The maximum absolute atomic E-state index is 6.46. The Hall–Kier alpha value is -6.23. The van der Waals surface area contributed by atoms with Gasteiger partial charge >= 0.3 is 0 Å². The minimum absolute atomic E-state index is 0.638. The first-order valence-corrected chi connectivity index (χ1v) is 17.3. The van der Waals surface area contributed by atoms with Gasteiger partial charge in [-0.2, -0.15) is 0 Å². The second-order valence-electron chi connectivity index (χ2n) is 12.4. The molecule has 3 nitrogen and oxygen atoms in total. The molecule has 49 heavy (non-hydrogen) atoms. The normalized spacial score (nSPS) is 11.7. The predicted molar refractivity (Wildman–Crippen MR) is 207 cm³/mol. The minimum Gasteiger partial charge on any atom is -0.435 e. The monoisotopic (exact) mass is 644 g/mol. The lowest BCUT2D eigenvalue weighted by molar-refractivity contribution is 0.623. The number of rotatable bonds is 5. The van der Waals surface area contributed by atoms with Gasteiger partial charge in [0.2, 0.25) is 5.89 Å². The van der Waals surface area contributed by atoms with Gasteiger partial charge in [0.05, 0.1) is 0 Å². The van der Waals surface area contributed by atoms with E-state index in [-0.39, 0.29) is 0 Å². The molecule has 0 unspecified atom stereocenters. The number of anilines is 3. The molecule has 0 radical (unpaired) electrons. The van der Waals surface area contributed by atoms with Gasteiger partial charge in [-0.25, -0.2) is 4.98 Å². The molecular formula is C45H28N2OS. The molecule has 0 saturated carbocycles. The van der Waals surface area contributed by atoms with Crippen molar-refractivity contribution in [2.24, 2.45) is 0 Å². The number of fused-ring (bicyclic) bond motifs is 8. The second kappa shape index (κ2) is 11.2. The van der Waals surface area contributed by atoms with Crippen LogP contribution < -0.4 is 4.90 Å². The van der Waals surface area contributed by atoms with Gasteiger partial charge in [-0.1, -0.05) is 97.1 Å². The molecule has 0 aliphatic rings. The van der Waals surface area contributed by atoms with Crippen molar-refractivity contribution in [2.45, 2.75) is 0 Å². The summed E-state index contributed by atoms with van der Waals surface area (Å²) in [7, 11) is 0. The van der Waals surface area contributed by atoms with Crippen LogP contribution in [0.25, 0.3) is 75.4 Å². The van der Waals surface area contributed by atoms with Crippen LogP contribution in [0.15, 0.2) is 174 Å². The Balaban J connectivity index is 1.07. The summed E-state index contributed by atoms with van der Waals surface area (Å²) in [6, 6.07) is 60.4. The van der Waals surface area contributed by atoms with E-state index in [4.69, 9.17) is 9.40 Å². The Bertz CT molecular complexity index is 2820. The number of para-hydroxylation sites is 1. The molecule has 0 spiro atoms. The molecule has 0 N–H and O–H groups in total. The first-order valence-electron chi connectivity index (χ1n) is 16.5. The number of oxazole rings is 1. The molecule has 0 atom stereocenters. The third-order valence-corrected chi connectivity index (χ3v) is 10.6. The first kappa shape index (κ1) is 27.8. The van der Waals surface area contributed by atoms with Gasteiger partial charge in [-0.15, -0.1) is 11.3 Å². The van der Waals surface area contributed by atoms with Crippen LogP contribution in [-0.2, 0) is 0 Å². The van der Waals surface area contributed by atoms with Gasteiger partial charge in [0.1, 0.15) is 5.52 Å². The van der Waals surface area contributed by atoms with Crippen molar-refractivity contribution in [1.82, 2.24) is 4.98 Å². The average molecular weight is 645 g/mol. The topological polar surface area (TPSA) is 29.3 Å². The van der Waals surface area contributed by atoms with Gasteiger partial charge in [0.25, 0.3) is 0 Å². The van der Waals surface area contributed by atoms with Crippen LogP contribution in [0.5, 0.6) is 0 Å². The van der Waals surface area contributed by atoms with Crippen molar-refractivity contribution in [2.75, 3.05) is 4.90 Å². The van der Waals surface area contributed by atoms with Crippen LogP contribution in [0.1, 0.15) is 0 Å². The number of nitrogens with zero attached hydrogens (tertiary/aromatic N) is 2. The lowest BCUT2D eigenvalue weighted by Gasteiger charge is -2.26. The molecule has 0 aliphatic heterocycles. The molecule has 230 valence electrons. The third kappa shape index (κ3) is 4.68. The Kier molecular flexibility index (Phi) is 6.36. The van der Waals surface area contributed by atoms with E-state index in [1.165, 1.54) is 31.3 Å². The Morgan fingerprint density at radius 1 is 0.449 bits per heavy atom. The highest BCUT2D eigenvalue weighted by Gasteiger charge is 2.17. The zero-order chi connectivity index (χ0) is 32.3. The van der Waals surface area contributed by atoms with Crippen LogP contribution in [0, 0.1) is 0 Å². The van der Waals surface area contributed by atoms with Crippen molar-refractivity contribution in [3.63, 3.8) is 0 Å². The Labute approximate surface area is 286 Å². The van der Waals surface area contributed by atoms with E-state index in [9.17, 15) is 0 Å². The quantitative estimate of drug-likeness (QED) is 0.175. The van der Waals surface area contributed by atoms with Gasteiger partial charge < -0.3 is 9.32 Å². The van der Waals surface area contributed by atoms with Gasteiger partial charge in [-0.05, 0) is 100 Å². The van der Waals surface area contributed by atoms with Crippen LogP contribution in [0.2, 0.25) is 0 Å². The van der Waals surface area contributed by atoms with Gasteiger partial charge in [0, 0.05) is 48.2 Å². The Morgan fingerprint density at radius 3 is 1.98 bits per heavy atom. The van der Waals surface area contributed by atoms with Crippen LogP contribution in [0.3, 0.4) is 0 Å². The molecule has 0 bridgehead atoms. The summed E-state index contributed by atoms with van der Waals surface area (Å²) in [5.74, 6) is 0.638. The van der Waals surface area contributed by atoms with Crippen molar-refractivity contribution in [3.8, 4) is 22.6 Å². The first-order chi connectivity index (χ1) is 24.3. The molecule has 10 aromatic rings. The number of aromatic nitrogens is 1. The van der Waals surface area contributed by atoms with Crippen LogP contribution in [0.4, 0.5) is 17.1 Å². The van der Waals surface area contributed by atoms with E-state index >= 15 is 0 Å². The minimum atomic E-state index is 0.638. The van der Waals surface area contributed by atoms with E-state index in [2.05, 4.69) is 144 Å². The smallest absolute Gasteiger partial charge is 0.227 e. The van der Waals surface area contributed by atoms with E-state index in [1.807, 2.05) is 41.7 Å². The fourth-order valence-electron chi connectivity index (χ4n) is 7.10. The van der Waals surface area contributed by atoms with Crippen molar-refractivity contribution < 1.29 is 4.42 Å². The SMILES string of the molecule is c1ccc(-c2nc3ccc4ccc5cc(N(c6ccccc6)c6ccc(-c7ccc8sc9ccccc9c8c7)cc6)ccc5c4c3o2)cc1. The van der Waals surface area contributed by atoms with E-state index in [0.29, 0.717) is 5.89 Å². The second-order valence-corrected chi connectivity index (χ2v) is 13.5. The predicted octanol–water partition coefficient (Wildman–Crippen LogP) is 13.3. The molecule has 10 rings (SSSR count). The maximum Gasteiger partial charge on any atom is 0.227 e. The summed E-state index contributed by atoms with van der Waals surface area (Å²) in [6.07, 6.45) is 0. The van der Waals surface area contributed by atoms with E-state index in [1.54, 1.807) is 0 Å². The lowest BCUT2D eigenvalue weighted by atomic mass is 10.00. The van der Waals surface area contributed by atoms with Crippen molar-refractivity contribution in [1.29, 1.82) is 0 Å². The fourth-order valence-corrected chi connectivity index (χ4v) is 8.18. The summed E-state index contributed by atoms with van der Waals surface area (Å²) in [6.45, 7) is 0. The average Bonchev–Trinajstić information content (AvgIpc) is 3.78.